The van der Waals surface area contributed by atoms with E-state index in [2.05, 4.69) is 0 Å². The van der Waals surface area contributed by atoms with E-state index in [-0.39, 0.29) is 17.9 Å². The van der Waals surface area contributed by atoms with E-state index in [1.54, 1.807) is 6.92 Å². The van der Waals surface area contributed by atoms with Gasteiger partial charge in [-0.05, 0) is 31.0 Å². The average molecular weight is 245 g/mol. The maximum Gasteiger partial charge on any atom is 0.149 e. The number of aliphatic hydroxyl groups excluding tert-OH is 2. The van der Waals surface area contributed by atoms with Gasteiger partial charge in [-0.3, -0.25) is 0 Å². The zero-order chi connectivity index (χ0) is 12.8. The highest BCUT2D eigenvalue weighted by Gasteiger charge is 2.16. The molecule has 0 aliphatic rings. The molecule has 17 heavy (non-hydrogen) atoms. The summed E-state index contributed by atoms with van der Waals surface area (Å²) in [4.78, 5) is 1.53. The fraction of sp³-hybridized carbons (Fsp3) is 0.500. The van der Waals surface area contributed by atoms with Gasteiger partial charge < -0.3 is 15.1 Å². The largest absolute Gasteiger partial charge is 0.396 e. The summed E-state index contributed by atoms with van der Waals surface area (Å²) in [5.74, 6) is -1.37. The number of benzene rings is 1. The summed E-state index contributed by atoms with van der Waals surface area (Å²) < 4.78 is 27.4. The first-order valence-electron chi connectivity index (χ1n) is 5.58. The quantitative estimate of drug-likeness (QED) is 0.801. The van der Waals surface area contributed by atoms with Crippen LogP contribution in [0.3, 0.4) is 0 Å². The van der Waals surface area contributed by atoms with Crippen LogP contribution in [0.4, 0.5) is 14.5 Å². The molecular formula is C12H17F2NO2. The SMILES string of the molecule is CCN(CCCO)c1c(F)cc(CO)cc1F. The van der Waals surface area contributed by atoms with E-state index >= 15 is 0 Å². The highest BCUT2D eigenvalue weighted by Crippen LogP contribution is 2.25. The van der Waals surface area contributed by atoms with Crippen LogP contribution in [0.15, 0.2) is 12.1 Å². The Morgan fingerprint density at radius 2 is 1.76 bits per heavy atom. The van der Waals surface area contributed by atoms with Crippen molar-refractivity contribution < 1.29 is 19.0 Å². The van der Waals surface area contributed by atoms with E-state index in [4.69, 9.17) is 10.2 Å². The van der Waals surface area contributed by atoms with Crippen LogP contribution in [0.2, 0.25) is 0 Å². The van der Waals surface area contributed by atoms with Gasteiger partial charge in [0.2, 0.25) is 0 Å². The number of rotatable bonds is 6. The molecule has 0 saturated heterocycles. The Labute approximate surface area is 99.3 Å². The smallest absolute Gasteiger partial charge is 0.149 e. The Hall–Kier alpha value is -1.20. The molecule has 3 nitrogen and oxygen atoms in total. The number of hydrogen-bond donors (Lipinski definition) is 2. The molecule has 0 aliphatic heterocycles. The van der Waals surface area contributed by atoms with Gasteiger partial charge in [-0.2, -0.15) is 0 Å². The second kappa shape index (κ2) is 6.51. The molecule has 0 bridgehead atoms. The Morgan fingerprint density at radius 1 is 1.18 bits per heavy atom. The van der Waals surface area contributed by atoms with Gasteiger partial charge in [0.05, 0.1) is 6.61 Å². The molecule has 0 aromatic heterocycles. The zero-order valence-electron chi connectivity index (χ0n) is 9.79. The van der Waals surface area contributed by atoms with Gasteiger partial charge in [-0.1, -0.05) is 0 Å². The molecule has 0 spiro atoms. The number of halogens is 2. The summed E-state index contributed by atoms with van der Waals surface area (Å²) in [5, 5.41) is 17.6. The molecule has 0 saturated carbocycles. The van der Waals surface area contributed by atoms with E-state index in [0.29, 0.717) is 19.5 Å². The normalized spacial score (nSPS) is 10.6. The standard InChI is InChI=1S/C12H17F2NO2/c1-2-15(4-3-5-16)12-10(13)6-9(8-17)7-11(12)14/h6-7,16-17H,2-5,8H2,1H3. The maximum absolute atomic E-state index is 13.7. The van der Waals surface area contributed by atoms with E-state index in [0.717, 1.165) is 12.1 Å². The van der Waals surface area contributed by atoms with Crippen LogP contribution < -0.4 is 4.90 Å². The highest BCUT2D eigenvalue weighted by molar-refractivity contribution is 5.50. The minimum Gasteiger partial charge on any atom is -0.396 e. The molecule has 2 N–H and O–H groups in total. The predicted molar refractivity (Wildman–Crippen MR) is 61.9 cm³/mol. The summed E-state index contributed by atoms with van der Waals surface area (Å²) >= 11 is 0. The van der Waals surface area contributed by atoms with Crippen molar-refractivity contribution in [1.29, 1.82) is 0 Å². The molecular weight excluding hydrogens is 228 g/mol. The van der Waals surface area contributed by atoms with Gasteiger partial charge in [-0.15, -0.1) is 0 Å². The van der Waals surface area contributed by atoms with Crippen LogP contribution in [0, 0.1) is 11.6 Å². The number of anilines is 1. The van der Waals surface area contributed by atoms with Crippen LogP contribution in [-0.2, 0) is 6.61 Å². The molecule has 0 heterocycles. The van der Waals surface area contributed by atoms with Crippen LogP contribution in [0.5, 0.6) is 0 Å². The highest BCUT2D eigenvalue weighted by atomic mass is 19.1. The molecule has 0 radical (unpaired) electrons. The molecule has 1 rings (SSSR count). The van der Waals surface area contributed by atoms with Crippen molar-refractivity contribution in [2.24, 2.45) is 0 Å². The number of aliphatic hydroxyl groups is 2. The number of nitrogens with zero attached hydrogens (tertiary/aromatic N) is 1. The molecule has 96 valence electrons. The van der Waals surface area contributed by atoms with Crippen molar-refractivity contribution in [2.45, 2.75) is 20.0 Å². The molecule has 0 atom stereocenters. The van der Waals surface area contributed by atoms with Gasteiger partial charge in [0.1, 0.15) is 17.3 Å². The number of hydrogen-bond acceptors (Lipinski definition) is 3. The molecule has 1 aromatic carbocycles. The average Bonchev–Trinajstić information content (AvgIpc) is 2.32. The molecule has 5 heteroatoms. The lowest BCUT2D eigenvalue weighted by Gasteiger charge is -2.24. The van der Waals surface area contributed by atoms with Crippen molar-refractivity contribution in [3.63, 3.8) is 0 Å². The van der Waals surface area contributed by atoms with E-state index in [9.17, 15) is 8.78 Å². The molecule has 1 aromatic rings. The van der Waals surface area contributed by atoms with Crippen molar-refractivity contribution in [3.05, 3.63) is 29.3 Å². The molecule has 0 unspecified atom stereocenters. The van der Waals surface area contributed by atoms with Crippen molar-refractivity contribution in [1.82, 2.24) is 0 Å². The van der Waals surface area contributed by atoms with Gasteiger partial charge >= 0.3 is 0 Å². The topological polar surface area (TPSA) is 43.7 Å². The summed E-state index contributed by atoms with van der Waals surface area (Å²) in [6.07, 6.45) is 0.453. The predicted octanol–water partition coefficient (Wildman–Crippen LogP) is 1.67. The van der Waals surface area contributed by atoms with Gasteiger partial charge in [-0.25, -0.2) is 8.78 Å². The Balaban J connectivity index is 3.02. The third-order valence-corrected chi connectivity index (χ3v) is 2.54. The van der Waals surface area contributed by atoms with E-state index in [1.165, 1.54) is 4.90 Å². The maximum atomic E-state index is 13.7. The van der Waals surface area contributed by atoms with Gasteiger partial charge in [0.15, 0.2) is 0 Å². The second-order valence-electron chi connectivity index (χ2n) is 3.72. The molecule has 0 aliphatic carbocycles. The van der Waals surface area contributed by atoms with Crippen molar-refractivity contribution >= 4 is 5.69 Å². The van der Waals surface area contributed by atoms with Crippen LogP contribution in [0.25, 0.3) is 0 Å². The summed E-state index contributed by atoms with van der Waals surface area (Å²) in [6, 6.07) is 2.25. The van der Waals surface area contributed by atoms with Crippen molar-refractivity contribution in [3.8, 4) is 0 Å². The van der Waals surface area contributed by atoms with Crippen molar-refractivity contribution in [2.75, 3.05) is 24.6 Å². The Kier molecular flexibility index (Phi) is 5.31. The minimum atomic E-state index is -0.686. The van der Waals surface area contributed by atoms with E-state index < -0.39 is 18.2 Å². The van der Waals surface area contributed by atoms with Crippen LogP contribution in [0.1, 0.15) is 18.9 Å². The molecule has 0 fully saturated rings. The summed E-state index contributed by atoms with van der Waals surface area (Å²) in [5.41, 5.74) is 0.111. The lowest BCUT2D eigenvalue weighted by atomic mass is 10.1. The summed E-state index contributed by atoms with van der Waals surface area (Å²) in [7, 11) is 0. The van der Waals surface area contributed by atoms with Crippen LogP contribution in [-0.4, -0.2) is 29.9 Å². The van der Waals surface area contributed by atoms with Gasteiger partial charge in [0.25, 0.3) is 0 Å². The Morgan fingerprint density at radius 3 is 2.18 bits per heavy atom. The van der Waals surface area contributed by atoms with E-state index in [1.807, 2.05) is 0 Å². The first kappa shape index (κ1) is 13.9. The fourth-order valence-electron chi connectivity index (χ4n) is 1.70. The first-order chi connectivity index (χ1) is 8.13. The monoisotopic (exact) mass is 245 g/mol. The first-order valence-corrected chi connectivity index (χ1v) is 5.58. The third kappa shape index (κ3) is 3.38. The molecule has 0 amide bonds. The Bertz CT molecular complexity index is 349. The lowest BCUT2D eigenvalue weighted by molar-refractivity contribution is 0.280. The second-order valence-corrected chi connectivity index (χ2v) is 3.72. The van der Waals surface area contributed by atoms with Crippen LogP contribution >= 0.6 is 0 Å². The summed E-state index contributed by atoms with van der Waals surface area (Å²) in [6.45, 7) is 2.22. The third-order valence-electron chi connectivity index (χ3n) is 2.54. The fourth-order valence-corrected chi connectivity index (χ4v) is 1.70. The minimum absolute atomic E-state index is 0.0194. The van der Waals surface area contributed by atoms with Gasteiger partial charge in [0, 0.05) is 19.7 Å². The zero-order valence-corrected chi connectivity index (χ0v) is 9.79. The lowest BCUT2D eigenvalue weighted by Crippen LogP contribution is -2.26.